The molecule has 0 aliphatic heterocycles. The number of hydrogen-bond donors (Lipinski definition) is 2. The van der Waals surface area contributed by atoms with Gasteiger partial charge >= 0.3 is 12.2 Å². The Morgan fingerprint density at radius 1 is 0.923 bits per heavy atom. The van der Waals surface area contributed by atoms with Gasteiger partial charge in [0.25, 0.3) is 0 Å². The Hall–Kier alpha value is -2.64. The van der Waals surface area contributed by atoms with Gasteiger partial charge in [0.05, 0.1) is 6.54 Å². The summed E-state index contributed by atoms with van der Waals surface area (Å²) >= 11 is 0. The van der Waals surface area contributed by atoms with Crippen molar-refractivity contribution in [3.8, 4) is 0 Å². The molecule has 0 aliphatic rings. The van der Waals surface area contributed by atoms with E-state index >= 15 is 0 Å². The minimum Gasteiger partial charge on any atom is -0.444 e. The first-order valence-electron chi connectivity index (χ1n) is 8.13. The Labute approximate surface area is 153 Å². The van der Waals surface area contributed by atoms with Crippen LogP contribution in [0.15, 0.2) is 29.3 Å². The maximum atomic E-state index is 13.0. The van der Waals surface area contributed by atoms with Crippen molar-refractivity contribution in [1.29, 1.82) is 0 Å². The van der Waals surface area contributed by atoms with E-state index in [1.54, 1.807) is 53.7 Å². The summed E-state index contributed by atoms with van der Waals surface area (Å²) < 4.78 is 23.3. The van der Waals surface area contributed by atoms with Gasteiger partial charge in [-0.3, -0.25) is 10.6 Å². The highest BCUT2D eigenvalue weighted by Gasteiger charge is 2.21. The second-order valence-corrected chi connectivity index (χ2v) is 7.55. The molecule has 0 radical (unpaired) electrons. The molecule has 144 valence electrons. The first kappa shape index (κ1) is 21.4. The van der Waals surface area contributed by atoms with Crippen LogP contribution < -0.4 is 10.6 Å². The molecular formula is C18H26FN3O4. The molecule has 0 heterocycles. The lowest BCUT2D eigenvalue weighted by Crippen LogP contribution is -2.47. The third kappa shape index (κ3) is 9.61. The molecule has 0 saturated heterocycles. The molecule has 0 aromatic heterocycles. The monoisotopic (exact) mass is 367 g/mol. The van der Waals surface area contributed by atoms with E-state index < -0.39 is 23.4 Å². The predicted octanol–water partition coefficient (Wildman–Crippen LogP) is 3.73. The van der Waals surface area contributed by atoms with Crippen LogP contribution in [-0.4, -0.2) is 29.3 Å². The minimum atomic E-state index is -0.772. The van der Waals surface area contributed by atoms with Gasteiger partial charge < -0.3 is 9.47 Å². The van der Waals surface area contributed by atoms with Crippen LogP contribution in [0.3, 0.4) is 0 Å². The van der Waals surface area contributed by atoms with E-state index in [0.29, 0.717) is 5.56 Å². The smallest absolute Gasteiger partial charge is 0.414 e. The fourth-order valence-corrected chi connectivity index (χ4v) is 1.67. The van der Waals surface area contributed by atoms with Crippen LogP contribution in [-0.2, 0) is 16.0 Å². The molecule has 0 unspecified atom stereocenters. The molecular weight excluding hydrogens is 341 g/mol. The number of halogens is 1. The van der Waals surface area contributed by atoms with Gasteiger partial charge in [-0.15, -0.1) is 0 Å². The first-order chi connectivity index (χ1) is 11.8. The number of rotatable bonds is 2. The number of carbonyl (C=O) groups is 2. The van der Waals surface area contributed by atoms with Crippen molar-refractivity contribution >= 4 is 18.1 Å². The third-order valence-electron chi connectivity index (χ3n) is 2.57. The molecule has 0 bridgehead atoms. The van der Waals surface area contributed by atoms with Gasteiger partial charge in [-0.05, 0) is 59.2 Å². The van der Waals surface area contributed by atoms with Crippen LogP contribution in [0.2, 0.25) is 0 Å². The zero-order chi connectivity index (χ0) is 20.0. The minimum absolute atomic E-state index is 0.112. The van der Waals surface area contributed by atoms with Crippen molar-refractivity contribution < 1.29 is 23.5 Å². The molecule has 2 amide bonds. The number of alkyl carbamates (subject to hydrolysis) is 2. The first-order valence-corrected chi connectivity index (χ1v) is 8.13. The lowest BCUT2D eigenvalue weighted by atomic mass is 10.2. The second-order valence-electron chi connectivity index (χ2n) is 7.55. The van der Waals surface area contributed by atoms with Crippen LogP contribution in [0.5, 0.6) is 0 Å². The van der Waals surface area contributed by atoms with Crippen molar-refractivity contribution in [3.63, 3.8) is 0 Å². The van der Waals surface area contributed by atoms with Crippen molar-refractivity contribution in [3.05, 3.63) is 35.6 Å². The Kier molecular flexibility index (Phi) is 7.11. The number of nitrogens with one attached hydrogen (secondary N) is 2. The van der Waals surface area contributed by atoms with Crippen LogP contribution in [0, 0.1) is 5.82 Å². The molecule has 26 heavy (non-hydrogen) atoms. The summed E-state index contributed by atoms with van der Waals surface area (Å²) in [6.45, 7) is 10.4. The number of hydrogen-bond acceptors (Lipinski definition) is 5. The molecule has 1 aromatic rings. The van der Waals surface area contributed by atoms with Crippen molar-refractivity contribution in [1.82, 2.24) is 10.6 Å². The topological polar surface area (TPSA) is 89.0 Å². The highest BCUT2D eigenvalue weighted by Crippen LogP contribution is 2.08. The number of ether oxygens (including phenoxy) is 2. The van der Waals surface area contributed by atoms with Crippen molar-refractivity contribution in [2.24, 2.45) is 4.99 Å². The van der Waals surface area contributed by atoms with Gasteiger partial charge in [-0.2, -0.15) is 0 Å². The Bertz CT molecular complexity index is 626. The summed E-state index contributed by atoms with van der Waals surface area (Å²) in [4.78, 5) is 28.0. The van der Waals surface area contributed by atoms with Gasteiger partial charge in [0.1, 0.15) is 17.0 Å². The SMILES string of the molecule is CC(C)(C)OC(=O)NC(=NCc1ccc(F)cc1)NC(=O)OC(C)(C)C. The lowest BCUT2D eigenvalue weighted by molar-refractivity contribution is 0.0545. The van der Waals surface area contributed by atoms with E-state index in [1.165, 1.54) is 12.1 Å². The van der Waals surface area contributed by atoms with E-state index in [-0.39, 0.29) is 18.3 Å². The molecule has 8 heteroatoms. The molecule has 7 nitrogen and oxygen atoms in total. The largest absolute Gasteiger partial charge is 0.444 e. The van der Waals surface area contributed by atoms with E-state index in [1.807, 2.05) is 0 Å². The summed E-state index contributed by atoms with van der Waals surface area (Å²) in [5.41, 5.74) is -0.725. The zero-order valence-electron chi connectivity index (χ0n) is 16.0. The van der Waals surface area contributed by atoms with Gasteiger partial charge in [-0.1, -0.05) is 12.1 Å². The Morgan fingerprint density at radius 2 is 1.35 bits per heavy atom. The number of aliphatic imine (C=N–C) groups is 1. The van der Waals surface area contributed by atoms with Crippen LogP contribution in [0.4, 0.5) is 14.0 Å². The number of nitrogens with zero attached hydrogens (tertiary/aromatic N) is 1. The predicted molar refractivity (Wildman–Crippen MR) is 96.3 cm³/mol. The molecule has 2 N–H and O–H groups in total. The van der Waals surface area contributed by atoms with E-state index in [2.05, 4.69) is 15.6 Å². The Morgan fingerprint density at radius 3 is 1.73 bits per heavy atom. The van der Waals surface area contributed by atoms with E-state index in [4.69, 9.17) is 9.47 Å². The highest BCUT2D eigenvalue weighted by atomic mass is 19.1. The standard InChI is InChI=1S/C18H26FN3O4/c1-17(2,3)25-15(23)21-14(22-16(24)26-18(4,5)6)20-11-12-7-9-13(19)10-8-12/h7-10H,11H2,1-6H3,(H2,20,21,22,23,24). The summed E-state index contributed by atoms with van der Waals surface area (Å²) in [5.74, 6) is -0.491. The number of benzene rings is 1. The maximum Gasteiger partial charge on any atom is 0.414 e. The summed E-state index contributed by atoms with van der Waals surface area (Å²) in [6, 6.07) is 5.70. The zero-order valence-corrected chi connectivity index (χ0v) is 16.0. The van der Waals surface area contributed by atoms with Crippen LogP contribution in [0.1, 0.15) is 47.1 Å². The van der Waals surface area contributed by atoms with Gasteiger partial charge in [-0.25, -0.2) is 19.0 Å². The summed E-state index contributed by atoms with van der Waals surface area (Å²) in [5, 5.41) is 4.75. The number of amides is 2. The van der Waals surface area contributed by atoms with Crippen LogP contribution in [0.25, 0.3) is 0 Å². The fraction of sp³-hybridized carbons (Fsp3) is 0.500. The maximum absolute atomic E-state index is 13.0. The summed E-state index contributed by atoms with van der Waals surface area (Å²) in [6.07, 6.45) is -1.54. The molecule has 0 saturated carbocycles. The van der Waals surface area contributed by atoms with Crippen LogP contribution >= 0.6 is 0 Å². The molecule has 0 aliphatic carbocycles. The summed E-state index contributed by atoms with van der Waals surface area (Å²) in [7, 11) is 0. The second kappa shape index (κ2) is 8.64. The van der Waals surface area contributed by atoms with E-state index in [0.717, 1.165) is 0 Å². The normalized spacial score (nSPS) is 11.3. The van der Waals surface area contributed by atoms with E-state index in [9.17, 15) is 14.0 Å². The average molecular weight is 367 g/mol. The fourth-order valence-electron chi connectivity index (χ4n) is 1.67. The number of carbonyl (C=O) groups excluding carboxylic acids is 2. The van der Waals surface area contributed by atoms with Gasteiger partial charge in [0.2, 0.25) is 5.96 Å². The molecule has 0 fully saturated rings. The average Bonchev–Trinajstić information content (AvgIpc) is 2.42. The quantitative estimate of drug-likeness (QED) is 0.616. The lowest BCUT2D eigenvalue weighted by Gasteiger charge is -2.22. The van der Waals surface area contributed by atoms with Gasteiger partial charge in [0.15, 0.2) is 0 Å². The van der Waals surface area contributed by atoms with Gasteiger partial charge in [0, 0.05) is 0 Å². The molecule has 0 atom stereocenters. The van der Waals surface area contributed by atoms with Crippen molar-refractivity contribution in [2.45, 2.75) is 59.3 Å². The highest BCUT2D eigenvalue weighted by molar-refractivity contribution is 6.01. The molecule has 0 spiro atoms. The van der Waals surface area contributed by atoms with Crippen molar-refractivity contribution in [2.75, 3.05) is 0 Å². The molecule has 1 rings (SSSR count). The molecule has 1 aromatic carbocycles. The Balaban J connectivity index is 2.85. The third-order valence-corrected chi connectivity index (χ3v) is 2.57. The number of guanidine groups is 1.